The highest BCUT2D eigenvalue weighted by molar-refractivity contribution is 6.31. The van der Waals surface area contributed by atoms with Crippen LogP contribution in [-0.4, -0.2) is 65.6 Å². The second-order valence-electron chi connectivity index (χ2n) is 11.3. The van der Waals surface area contributed by atoms with Gasteiger partial charge in [0.25, 0.3) is 5.91 Å². The van der Waals surface area contributed by atoms with Crippen LogP contribution in [0.4, 0.5) is 15.9 Å². The molecule has 0 spiro atoms. The summed E-state index contributed by atoms with van der Waals surface area (Å²) in [5, 5.41) is 16.9. The van der Waals surface area contributed by atoms with Gasteiger partial charge in [-0.2, -0.15) is 0 Å². The fourth-order valence-corrected chi connectivity index (χ4v) is 5.38. The summed E-state index contributed by atoms with van der Waals surface area (Å²) in [4.78, 5) is 33.3. The SMILES string of the molecule is COc1cc2c(Nc3ccc(F)c(Cl)c3)ncnc2cc1OCCOCCNC(=O)COc1ccc(Cn2c(=O)oc3ccc(C)cc32)cc1O. The third-order valence-electron chi connectivity index (χ3n) is 7.70. The topological polar surface area (TPSA) is 159 Å². The van der Waals surface area contributed by atoms with E-state index >= 15 is 0 Å². The van der Waals surface area contributed by atoms with Crippen molar-refractivity contribution in [2.75, 3.05) is 45.4 Å². The van der Waals surface area contributed by atoms with Crippen LogP contribution in [0.1, 0.15) is 11.1 Å². The van der Waals surface area contributed by atoms with Crippen LogP contribution in [0.5, 0.6) is 23.0 Å². The zero-order chi connectivity index (χ0) is 35.9. The Kier molecular flexibility index (Phi) is 10.8. The predicted molar refractivity (Wildman–Crippen MR) is 188 cm³/mol. The molecule has 0 fully saturated rings. The van der Waals surface area contributed by atoms with Crippen LogP contribution in [0.25, 0.3) is 22.0 Å². The number of rotatable bonds is 15. The Morgan fingerprint density at radius 1 is 0.980 bits per heavy atom. The molecule has 4 aromatic carbocycles. The lowest BCUT2D eigenvalue weighted by Gasteiger charge is -2.14. The molecule has 264 valence electrons. The molecule has 0 saturated carbocycles. The maximum Gasteiger partial charge on any atom is 0.420 e. The number of ether oxygens (including phenoxy) is 4. The average molecular weight is 718 g/mol. The number of nitrogens with one attached hydrogen (secondary N) is 2. The van der Waals surface area contributed by atoms with Crippen LogP contribution in [0.15, 0.2) is 82.3 Å². The third-order valence-corrected chi connectivity index (χ3v) is 7.99. The number of oxazole rings is 1. The second kappa shape index (κ2) is 15.8. The van der Waals surface area contributed by atoms with Gasteiger partial charge in [-0.1, -0.05) is 23.7 Å². The molecule has 15 heteroatoms. The van der Waals surface area contributed by atoms with Gasteiger partial charge in [-0.3, -0.25) is 9.36 Å². The van der Waals surface area contributed by atoms with E-state index in [2.05, 4.69) is 20.6 Å². The van der Waals surface area contributed by atoms with E-state index in [0.29, 0.717) is 50.6 Å². The first kappa shape index (κ1) is 35.0. The van der Waals surface area contributed by atoms with Crippen LogP contribution < -0.4 is 30.6 Å². The zero-order valence-electron chi connectivity index (χ0n) is 27.6. The normalized spacial score (nSPS) is 11.1. The number of methoxy groups -OCH3 is 1. The van der Waals surface area contributed by atoms with Gasteiger partial charge in [0.15, 0.2) is 35.2 Å². The number of hydrogen-bond donors (Lipinski definition) is 3. The molecule has 2 heterocycles. The lowest BCUT2D eigenvalue weighted by Crippen LogP contribution is -2.32. The Labute approximate surface area is 295 Å². The minimum atomic E-state index is -0.522. The molecule has 0 saturated heterocycles. The van der Waals surface area contributed by atoms with Crippen molar-refractivity contribution in [2.45, 2.75) is 13.5 Å². The molecular weight excluding hydrogens is 685 g/mol. The molecule has 13 nitrogen and oxygen atoms in total. The lowest BCUT2D eigenvalue weighted by molar-refractivity contribution is -0.123. The van der Waals surface area contributed by atoms with Crippen molar-refractivity contribution in [3.8, 4) is 23.0 Å². The summed E-state index contributed by atoms with van der Waals surface area (Å²) in [7, 11) is 1.51. The smallest absolute Gasteiger partial charge is 0.420 e. The molecule has 0 aliphatic heterocycles. The lowest BCUT2D eigenvalue weighted by atomic mass is 10.2. The van der Waals surface area contributed by atoms with Crippen LogP contribution in [0, 0.1) is 12.7 Å². The number of nitrogens with zero attached hydrogens (tertiary/aromatic N) is 3. The van der Waals surface area contributed by atoms with E-state index in [4.69, 9.17) is 35.0 Å². The van der Waals surface area contributed by atoms with Gasteiger partial charge in [-0.25, -0.2) is 19.2 Å². The standard InChI is InChI=1S/C36H33ClFN5O8/c1-21-3-7-30-28(13-21)43(36(46)51-30)18-22-4-8-31(29(44)14-22)50-19-34(45)39-9-10-48-11-12-49-33-17-27-24(16-32(33)47-2)35(41-20-40-27)42-23-5-6-26(38)25(37)15-23/h3-8,13-17,20,44H,9-12,18-19H2,1-2H3,(H,39,45)(H,40,41,42). The van der Waals surface area contributed by atoms with Crippen molar-refractivity contribution in [2.24, 2.45) is 0 Å². The number of aromatic nitrogens is 3. The fraction of sp³-hybridized carbons (Fsp3) is 0.222. The molecule has 0 unspecified atom stereocenters. The monoisotopic (exact) mass is 717 g/mol. The number of fused-ring (bicyclic) bond motifs is 2. The number of amides is 1. The number of carbonyl (C=O) groups excluding carboxylic acids is 1. The van der Waals surface area contributed by atoms with Crippen LogP contribution in [0.2, 0.25) is 5.02 Å². The van der Waals surface area contributed by atoms with Crippen molar-refractivity contribution in [1.29, 1.82) is 0 Å². The first-order chi connectivity index (χ1) is 24.7. The van der Waals surface area contributed by atoms with E-state index < -0.39 is 17.5 Å². The summed E-state index contributed by atoms with van der Waals surface area (Å²) >= 11 is 5.91. The molecule has 2 aromatic heterocycles. The molecule has 0 radical (unpaired) electrons. The van der Waals surface area contributed by atoms with Crippen molar-refractivity contribution < 1.29 is 37.7 Å². The van der Waals surface area contributed by atoms with Crippen molar-refractivity contribution >= 4 is 51.0 Å². The average Bonchev–Trinajstić information content (AvgIpc) is 3.42. The maximum atomic E-state index is 13.6. The second-order valence-corrected chi connectivity index (χ2v) is 11.7. The van der Waals surface area contributed by atoms with Gasteiger partial charge in [0, 0.05) is 23.7 Å². The molecule has 6 rings (SSSR count). The highest BCUT2D eigenvalue weighted by Crippen LogP contribution is 2.35. The van der Waals surface area contributed by atoms with Gasteiger partial charge < -0.3 is 39.1 Å². The molecule has 1 amide bonds. The molecule has 0 aliphatic carbocycles. The van der Waals surface area contributed by atoms with E-state index in [1.165, 1.54) is 42.3 Å². The van der Waals surface area contributed by atoms with E-state index in [-0.39, 0.29) is 56.0 Å². The zero-order valence-corrected chi connectivity index (χ0v) is 28.3. The molecular formula is C36H33ClFN5O8. The number of carbonyl (C=O) groups is 1. The minimum absolute atomic E-state index is 0.0163. The summed E-state index contributed by atoms with van der Waals surface area (Å²) in [5.41, 5.74) is 3.92. The van der Waals surface area contributed by atoms with Crippen molar-refractivity contribution in [3.63, 3.8) is 0 Å². The molecule has 0 bridgehead atoms. The summed E-state index contributed by atoms with van der Waals surface area (Å²) in [6, 6.07) is 17.9. The van der Waals surface area contributed by atoms with Crippen LogP contribution in [0.3, 0.4) is 0 Å². The van der Waals surface area contributed by atoms with Crippen molar-refractivity contribution in [3.05, 3.63) is 106 Å². The van der Waals surface area contributed by atoms with Crippen molar-refractivity contribution in [1.82, 2.24) is 19.9 Å². The summed E-state index contributed by atoms with van der Waals surface area (Å²) in [5.74, 6) is -0.0828. The Morgan fingerprint density at radius 2 is 1.84 bits per heavy atom. The largest absolute Gasteiger partial charge is 0.504 e. The minimum Gasteiger partial charge on any atom is -0.504 e. The van der Waals surface area contributed by atoms with Crippen LogP contribution in [-0.2, 0) is 16.1 Å². The summed E-state index contributed by atoms with van der Waals surface area (Å²) < 4.78 is 42.8. The molecule has 51 heavy (non-hydrogen) atoms. The van der Waals surface area contributed by atoms with Gasteiger partial charge in [0.2, 0.25) is 0 Å². The number of hydrogen-bond acceptors (Lipinski definition) is 11. The summed E-state index contributed by atoms with van der Waals surface area (Å²) in [6.07, 6.45) is 1.39. The van der Waals surface area contributed by atoms with Gasteiger partial charge in [-0.05, 0) is 66.6 Å². The third kappa shape index (κ3) is 8.48. The van der Waals surface area contributed by atoms with Gasteiger partial charge in [0.05, 0.1) is 42.9 Å². The number of benzene rings is 4. The fourth-order valence-electron chi connectivity index (χ4n) is 5.20. The van der Waals surface area contributed by atoms with E-state index in [1.807, 2.05) is 19.1 Å². The highest BCUT2D eigenvalue weighted by Gasteiger charge is 2.14. The number of halogens is 2. The number of aryl methyl sites for hydroxylation is 1. The molecule has 3 N–H and O–H groups in total. The highest BCUT2D eigenvalue weighted by atomic mass is 35.5. The molecule has 0 atom stereocenters. The number of phenolic OH excluding ortho intramolecular Hbond substituents is 1. The maximum absolute atomic E-state index is 13.6. The van der Waals surface area contributed by atoms with Crippen LogP contribution >= 0.6 is 11.6 Å². The van der Waals surface area contributed by atoms with Gasteiger partial charge in [-0.15, -0.1) is 0 Å². The Bertz CT molecular complexity index is 2260. The number of phenols is 1. The summed E-state index contributed by atoms with van der Waals surface area (Å²) in [6.45, 7) is 2.68. The first-order valence-electron chi connectivity index (χ1n) is 15.7. The Hall–Kier alpha value is -5.86. The molecule has 6 aromatic rings. The predicted octanol–water partition coefficient (Wildman–Crippen LogP) is 5.74. The van der Waals surface area contributed by atoms with Gasteiger partial charge in [0.1, 0.15) is 24.6 Å². The van der Waals surface area contributed by atoms with E-state index in [9.17, 15) is 19.1 Å². The quantitative estimate of drug-likeness (QED) is 0.111. The Balaban J connectivity index is 0.924. The molecule has 0 aliphatic rings. The number of anilines is 2. The first-order valence-corrected chi connectivity index (χ1v) is 16.1. The van der Waals surface area contributed by atoms with E-state index in [0.717, 1.165) is 5.56 Å². The van der Waals surface area contributed by atoms with Gasteiger partial charge >= 0.3 is 5.76 Å². The Morgan fingerprint density at radius 3 is 2.65 bits per heavy atom. The number of aromatic hydroxyl groups is 1. The van der Waals surface area contributed by atoms with E-state index in [1.54, 1.807) is 30.3 Å².